The van der Waals surface area contributed by atoms with Crippen LogP contribution in [0, 0.1) is 0 Å². The summed E-state index contributed by atoms with van der Waals surface area (Å²) in [4.78, 5) is 12.1. The van der Waals surface area contributed by atoms with Crippen LogP contribution in [-0.4, -0.2) is 15.7 Å². The molecule has 0 aliphatic carbocycles. The Morgan fingerprint density at radius 2 is 1.84 bits per heavy atom. The van der Waals surface area contributed by atoms with Crippen molar-refractivity contribution in [3.8, 4) is 0 Å². The molecule has 19 heavy (non-hydrogen) atoms. The van der Waals surface area contributed by atoms with Crippen LogP contribution in [0.2, 0.25) is 0 Å². The molecule has 0 fully saturated rings. The number of imidazole rings is 1. The van der Waals surface area contributed by atoms with Gasteiger partial charge in [0.15, 0.2) is 0 Å². The highest BCUT2D eigenvalue weighted by atomic mass is 16.1. The molecule has 4 heteroatoms. The molecule has 0 bridgehead atoms. The maximum absolute atomic E-state index is 12.1. The second kappa shape index (κ2) is 6.38. The van der Waals surface area contributed by atoms with Crippen LogP contribution in [-0.2, 0) is 13.1 Å². The lowest BCUT2D eigenvalue weighted by atomic mass is 9.99. The Balaban J connectivity index is 2.17. The van der Waals surface area contributed by atoms with E-state index in [-0.39, 0.29) is 11.6 Å². The molecule has 1 unspecified atom stereocenters. The first-order chi connectivity index (χ1) is 9.26. The van der Waals surface area contributed by atoms with Crippen molar-refractivity contribution in [2.45, 2.75) is 32.4 Å². The normalized spacial score (nSPS) is 12.5. The molecule has 0 amide bonds. The summed E-state index contributed by atoms with van der Waals surface area (Å²) >= 11 is 0. The van der Waals surface area contributed by atoms with Gasteiger partial charge in [0, 0.05) is 37.9 Å². The van der Waals surface area contributed by atoms with Crippen LogP contribution in [0.5, 0.6) is 0 Å². The van der Waals surface area contributed by atoms with Gasteiger partial charge in [-0.15, -0.1) is 0 Å². The van der Waals surface area contributed by atoms with Gasteiger partial charge < -0.3 is 5.73 Å². The van der Waals surface area contributed by atoms with Gasteiger partial charge in [-0.2, -0.15) is 0 Å². The largest absolute Gasteiger partial charge is 0.330 e. The third-order valence-electron chi connectivity index (χ3n) is 3.36. The average molecular weight is 259 g/mol. The van der Waals surface area contributed by atoms with E-state index in [9.17, 15) is 4.79 Å². The van der Waals surface area contributed by atoms with E-state index in [0.717, 1.165) is 13.0 Å². The van der Waals surface area contributed by atoms with Crippen LogP contribution in [0.1, 0.15) is 24.8 Å². The maximum atomic E-state index is 12.1. The Kier molecular flexibility index (Phi) is 4.58. The van der Waals surface area contributed by atoms with Gasteiger partial charge in [-0.05, 0) is 12.0 Å². The van der Waals surface area contributed by atoms with Crippen LogP contribution < -0.4 is 11.4 Å². The molecule has 2 aromatic rings. The molecule has 0 spiro atoms. The van der Waals surface area contributed by atoms with E-state index in [2.05, 4.69) is 19.1 Å². The van der Waals surface area contributed by atoms with Crippen LogP contribution >= 0.6 is 0 Å². The Morgan fingerprint density at radius 1 is 1.16 bits per heavy atom. The lowest BCUT2D eigenvalue weighted by molar-refractivity contribution is 0.535. The van der Waals surface area contributed by atoms with Crippen molar-refractivity contribution in [1.29, 1.82) is 0 Å². The fourth-order valence-corrected chi connectivity index (χ4v) is 2.28. The van der Waals surface area contributed by atoms with E-state index in [4.69, 9.17) is 5.73 Å². The zero-order valence-electron chi connectivity index (χ0n) is 11.3. The molecule has 0 aliphatic rings. The van der Waals surface area contributed by atoms with Gasteiger partial charge in [0.25, 0.3) is 0 Å². The highest BCUT2D eigenvalue weighted by Crippen LogP contribution is 2.15. The molecule has 1 atom stereocenters. The van der Waals surface area contributed by atoms with Crippen LogP contribution in [0.25, 0.3) is 0 Å². The first-order valence-electron chi connectivity index (χ1n) is 6.76. The minimum absolute atomic E-state index is 0.0521. The molecule has 1 heterocycles. The second-order valence-electron chi connectivity index (χ2n) is 4.77. The molecule has 1 aromatic carbocycles. The molecule has 0 radical (unpaired) electrons. The lowest BCUT2D eigenvalue weighted by Crippen LogP contribution is -2.28. The fraction of sp³-hybridized carbons (Fsp3) is 0.400. The summed E-state index contributed by atoms with van der Waals surface area (Å²) in [5, 5.41) is 0. The van der Waals surface area contributed by atoms with Crippen molar-refractivity contribution in [2.75, 3.05) is 6.54 Å². The molecule has 102 valence electrons. The summed E-state index contributed by atoms with van der Waals surface area (Å²) in [6.45, 7) is 4.01. The highest BCUT2D eigenvalue weighted by molar-refractivity contribution is 5.19. The molecule has 0 aliphatic heterocycles. The number of rotatable bonds is 6. The third-order valence-corrected chi connectivity index (χ3v) is 3.36. The minimum atomic E-state index is 0.0521. The molecule has 0 saturated carbocycles. The van der Waals surface area contributed by atoms with Gasteiger partial charge in [-0.1, -0.05) is 37.3 Å². The monoisotopic (exact) mass is 259 g/mol. The Morgan fingerprint density at radius 3 is 2.47 bits per heavy atom. The minimum Gasteiger partial charge on any atom is -0.330 e. The van der Waals surface area contributed by atoms with E-state index in [1.807, 2.05) is 30.6 Å². The van der Waals surface area contributed by atoms with Gasteiger partial charge in [0.2, 0.25) is 0 Å². The van der Waals surface area contributed by atoms with Gasteiger partial charge >= 0.3 is 5.69 Å². The van der Waals surface area contributed by atoms with Gasteiger partial charge in [0.1, 0.15) is 0 Å². The summed E-state index contributed by atoms with van der Waals surface area (Å²) in [6, 6.07) is 10.1. The standard InChI is InChI=1S/C15H21N3O/c1-2-8-17-9-10-18(15(17)19)12-14(11-16)13-6-4-3-5-7-13/h3-7,9-10,14H,2,8,11-12,16H2,1H3. The van der Waals surface area contributed by atoms with Gasteiger partial charge in [-0.3, -0.25) is 9.13 Å². The smallest absolute Gasteiger partial charge is 0.328 e. The Bertz CT molecular complexity index is 556. The number of hydrogen-bond donors (Lipinski definition) is 1. The average Bonchev–Trinajstić information content (AvgIpc) is 2.79. The van der Waals surface area contributed by atoms with Crippen molar-refractivity contribution >= 4 is 0 Å². The number of aromatic nitrogens is 2. The SMILES string of the molecule is CCCn1ccn(CC(CN)c2ccccc2)c1=O. The first kappa shape index (κ1) is 13.6. The van der Waals surface area contributed by atoms with Gasteiger partial charge in [-0.25, -0.2) is 4.79 Å². The first-order valence-corrected chi connectivity index (χ1v) is 6.76. The predicted molar refractivity (Wildman–Crippen MR) is 77.2 cm³/mol. The Hall–Kier alpha value is -1.81. The molecule has 1 aromatic heterocycles. The van der Waals surface area contributed by atoms with Crippen molar-refractivity contribution in [3.63, 3.8) is 0 Å². The molecular formula is C15H21N3O. The molecule has 0 saturated heterocycles. The third kappa shape index (κ3) is 3.15. The zero-order valence-corrected chi connectivity index (χ0v) is 11.3. The predicted octanol–water partition coefficient (Wildman–Crippen LogP) is 1.80. The molecular weight excluding hydrogens is 238 g/mol. The number of aryl methyl sites for hydroxylation is 1. The molecule has 2 N–H and O–H groups in total. The van der Waals surface area contributed by atoms with Gasteiger partial charge in [0.05, 0.1) is 0 Å². The number of nitrogens with zero attached hydrogens (tertiary/aromatic N) is 2. The summed E-state index contributed by atoms with van der Waals surface area (Å²) < 4.78 is 3.50. The van der Waals surface area contributed by atoms with Crippen LogP contribution in [0.3, 0.4) is 0 Å². The van der Waals surface area contributed by atoms with E-state index < -0.39 is 0 Å². The number of hydrogen-bond acceptors (Lipinski definition) is 2. The van der Waals surface area contributed by atoms with E-state index in [1.165, 1.54) is 5.56 Å². The lowest BCUT2D eigenvalue weighted by Gasteiger charge is -2.15. The topological polar surface area (TPSA) is 52.9 Å². The Labute approximate surface area is 113 Å². The number of benzene rings is 1. The molecule has 4 nitrogen and oxygen atoms in total. The van der Waals surface area contributed by atoms with Crippen molar-refractivity contribution in [1.82, 2.24) is 9.13 Å². The summed E-state index contributed by atoms with van der Waals surface area (Å²) in [7, 11) is 0. The maximum Gasteiger partial charge on any atom is 0.328 e. The highest BCUT2D eigenvalue weighted by Gasteiger charge is 2.12. The second-order valence-corrected chi connectivity index (χ2v) is 4.77. The summed E-state index contributed by atoms with van der Waals surface area (Å²) in [5.74, 6) is 0.177. The van der Waals surface area contributed by atoms with E-state index >= 15 is 0 Å². The molecule has 2 rings (SSSR count). The summed E-state index contributed by atoms with van der Waals surface area (Å²) in [6.07, 6.45) is 4.66. The number of nitrogens with two attached hydrogens (primary N) is 1. The van der Waals surface area contributed by atoms with Crippen LogP contribution in [0.4, 0.5) is 0 Å². The van der Waals surface area contributed by atoms with Crippen molar-refractivity contribution in [3.05, 3.63) is 58.8 Å². The van der Waals surface area contributed by atoms with Crippen molar-refractivity contribution < 1.29 is 0 Å². The van der Waals surface area contributed by atoms with Crippen molar-refractivity contribution in [2.24, 2.45) is 5.73 Å². The summed E-state index contributed by atoms with van der Waals surface area (Å²) in [5.41, 5.74) is 7.08. The fourth-order valence-electron chi connectivity index (χ4n) is 2.28. The zero-order chi connectivity index (χ0) is 13.7. The van der Waals surface area contributed by atoms with E-state index in [0.29, 0.717) is 13.1 Å². The van der Waals surface area contributed by atoms with Crippen LogP contribution in [0.15, 0.2) is 47.5 Å². The quantitative estimate of drug-likeness (QED) is 0.860. The van der Waals surface area contributed by atoms with E-state index in [1.54, 1.807) is 9.13 Å².